The van der Waals surface area contributed by atoms with Crippen LogP contribution in [-0.2, 0) is 16.4 Å². The van der Waals surface area contributed by atoms with E-state index in [4.69, 9.17) is 9.26 Å². The van der Waals surface area contributed by atoms with Gasteiger partial charge in [0.05, 0.1) is 17.7 Å². The first-order valence-corrected chi connectivity index (χ1v) is 8.39. The SMILES string of the molecule is COc1ccc(S(=O)(=O)NCCc2c(C)noc2C)c(C)c1. The lowest BCUT2D eigenvalue weighted by molar-refractivity contribution is 0.392. The van der Waals surface area contributed by atoms with E-state index in [1.807, 2.05) is 13.8 Å². The van der Waals surface area contributed by atoms with Crippen molar-refractivity contribution in [2.75, 3.05) is 13.7 Å². The van der Waals surface area contributed by atoms with Crippen molar-refractivity contribution in [2.45, 2.75) is 32.1 Å². The number of hydrogen-bond donors (Lipinski definition) is 1. The smallest absolute Gasteiger partial charge is 0.240 e. The first-order valence-electron chi connectivity index (χ1n) is 6.91. The summed E-state index contributed by atoms with van der Waals surface area (Å²) in [6, 6.07) is 4.88. The van der Waals surface area contributed by atoms with Gasteiger partial charge in [-0.15, -0.1) is 0 Å². The fourth-order valence-corrected chi connectivity index (χ4v) is 3.55. The van der Waals surface area contributed by atoms with Gasteiger partial charge in [0.25, 0.3) is 0 Å². The summed E-state index contributed by atoms with van der Waals surface area (Å²) in [5, 5.41) is 3.86. The molecule has 7 heteroatoms. The van der Waals surface area contributed by atoms with Crippen molar-refractivity contribution >= 4 is 10.0 Å². The van der Waals surface area contributed by atoms with Gasteiger partial charge < -0.3 is 9.26 Å². The molecule has 6 nitrogen and oxygen atoms in total. The van der Waals surface area contributed by atoms with Crippen LogP contribution in [0.25, 0.3) is 0 Å². The lowest BCUT2D eigenvalue weighted by Gasteiger charge is -2.10. The van der Waals surface area contributed by atoms with Crippen molar-refractivity contribution in [1.29, 1.82) is 0 Å². The summed E-state index contributed by atoms with van der Waals surface area (Å²) in [5.41, 5.74) is 2.37. The van der Waals surface area contributed by atoms with E-state index in [0.29, 0.717) is 17.7 Å². The summed E-state index contributed by atoms with van der Waals surface area (Å²) in [6.45, 7) is 5.69. The Morgan fingerprint density at radius 1 is 1.27 bits per heavy atom. The van der Waals surface area contributed by atoms with E-state index >= 15 is 0 Å². The van der Waals surface area contributed by atoms with Crippen LogP contribution in [0.4, 0.5) is 0 Å². The Kier molecular flexibility index (Phi) is 4.87. The van der Waals surface area contributed by atoms with E-state index in [2.05, 4.69) is 9.88 Å². The van der Waals surface area contributed by atoms with Gasteiger partial charge in [-0.2, -0.15) is 0 Å². The van der Waals surface area contributed by atoms with E-state index in [-0.39, 0.29) is 11.4 Å². The van der Waals surface area contributed by atoms with Gasteiger partial charge in [-0.1, -0.05) is 5.16 Å². The van der Waals surface area contributed by atoms with Crippen LogP contribution in [0.3, 0.4) is 0 Å². The Morgan fingerprint density at radius 3 is 2.55 bits per heavy atom. The third-order valence-electron chi connectivity index (χ3n) is 3.52. The summed E-state index contributed by atoms with van der Waals surface area (Å²) in [6.07, 6.45) is 0.537. The number of ether oxygens (including phenoxy) is 1. The molecule has 1 aromatic carbocycles. The summed E-state index contributed by atoms with van der Waals surface area (Å²) >= 11 is 0. The fourth-order valence-electron chi connectivity index (χ4n) is 2.30. The number of hydrogen-bond acceptors (Lipinski definition) is 5. The molecule has 0 aliphatic heterocycles. The Labute approximate surface area is 130 Å². The normalized spacial score (nSPS) is 11.6. The second-order valence-electron chi connectivity index (χ2n) is 5.08. The zero-order chi connectivity index (χ0) is 16.3. The predicted octanol–water partition coefficient (Wildman–Crippen LogP) is 2.13. The molecule has 0 spiro atoms. The molecule has 0 atom stereocenters. The van der Waals surface area contributed by atoms with Crippen LogP contribution in [0, 0.1) is 20.8 Å². The average Bonchev–Trinajstić information content (AvgIpc) is 2.78. The standard InChI is InChI=1S/C15H20N2O4S/c1-10-9-13(20-4)5-6-15(10)22(18,19)16-8-7-14-11(2)17-21-12(14)3/h5-6,9,16H,7-8H2,1-4H3. The van der Waals surface area contributed by atoms with Crippen molar-refractivity contribution in [1.82, 2.24) is 9.88 Å². The Balaban J connectivity index is 2.08. The third kappa shape index (κ3) is 3.48. The van der Waals surface area contributed by atoms with Crippen molar-refractivity contribution in [2.24, 2.45) is 0 Å². The van der Waals surface area contributed by atoms with Gasteiger partial charge in [0.1, 0.15) is 11.5 Å². The van der Waals surface area contributed by atoms with Crippen molar-refractivity contribution in [3.63, 3.8) is 0 Å². The Hall–Kier alpha value is -1.86. The maximum absolute atomic E-state index is 12.4. The van der Waals surface area contributed by atoms with E-state index in [9.17, 15) is 8.42 Å². The highest BCUT2D eigenvalue weighted by molar-refractivity contribution is 7.89. The van der Waals surface area contributed by atoms with Crippen molar-refractivity contribution in [3.8, 4) is 5.75 Å². The third-order valence-corrected chi connectivity index (χ3v) is 5.14. The molecule has 0 saturated heterocycles. The van der Waals surface area contributed by atoms with E-state index in [0.717, 1.165) is 17.0 Å². The van der Waals surface area contributed by atoms with Gasteiger partial charge in [-0.05, 0) is 51.0 Å². The van der Waals surface area contributed by atoms with Crippen LogP contribution in [-0.4, -0.2) is 27.2 Å². The molecule has 120 valence electrons. The quantitative estimate of drug-likeness (QED) is 0.880. The molecule has 0 radical (unpaired) electrons. The Morgan fingerprint density at radius 2 is 2.00 bits per heavy atom. The van der Waals surface area contributed by atoms with Gasteiger partial charge >= 0.3 is 0 Å². The number of nitrogens with zero attached hydrogens (tertiary/aromatic N) is 1. The van der Waals surface area contributed by atoms with E-state index in [1.54, 1.807) is 32.2 Å². The number of benzene rings is 1. The van der Waals surface area contributed by atoms with Crippen LogP contribution < -0.4 is 9.46 Å². The molecule has 0 aliphatic rings. The molecule has 0 fully saturated rings. The summed E-state index contributed by atoms with van der Waals surface area (Å²) in [5.74, 6) is 1.35. The minimum atomic E-state index is -3.55. The van der Waals surface area contributed by atoms with E-state index in [1.165, 1.54) is 0 Å². The van der Waals surface area contributed by atoms with Crippen LogP contribution >= 0.6 is 0 Å². The first-order chi connectivity index (χ1) is 10.3. The largest absolute Gasteiger partial charge is 0.497 e. The maximum Gasteiger partial charge on any atom is 0.240 e. The molecule has 22 heavy (non-hydrogen) atoms. The lowest BCUT2D eigenvalue weighted by atomic mass is 10.1. The molecule has 0 amide bonds. The minimum Gasteiger partial charge on any atom is -0.497 e. The van der Waals surface area contributed by atoms with Crippen molar-refractivity contribution in [3.05, 3.63) is 40.8 Å². The summed E-state index contributed by atoms with van der Waals surface area (Å²) < 4.78 is 37.5. The number of rotatable bonds is 6. The van der Waals surface area contributed by atoms with Crippen LogP contribution in [0.1, 0.15) is 22.6 Å². The van der Waals surface area contributed by atoms with Gasteiger partial charge in [-0.25, -0.2) is 13.1 Å². The number of methoxy groups -OCH3 is 1. The molecule has 1 N–H and O–H groups in total. The molecule has 2 rings (SSSR count). The van der Waals surface area contributed by atoms with Gasteiger partial charge in [0, 0.05) is 12.1 Å². The van der Waals surface area contributed by atoms with E-state index < -0.39 is 10.0 Å². The average molecular weight is 324 g/mol. The number of aromatic nitrogens is 1. The van der Waals surface area contributed by atoms with Crippen molar-refractivity contribution < 1.29 is 17.7 Å². The molecule has 0 aliphatic carbocycles. The zero-order valence-corrected chi connectivity index (χ0v) is 14.0. The van der Waals surface area contributed by atoms with Crippen LogP contribution in [0.5, 0.6) is 5.75 Å². The fraction of sp³-hybridized carbons (Fsp3) is 0.400. The van der Waals surface area contributed by atoms with Gasteiger partial charge in [0.15, 0.2) is 0 Å². The second kappa shape index (κ2) is 6.50. The monoisotopic (exact) mass is 324 g/mol. The van der Waals surface area contributed by atoms with Gasteiger partial charge in [-0.3, -0.25) is 0 Å². The minimum absolute atomic E-state index is 0.257. The predicted molar refractivity (Wildman–Crippen MR) is 82.6 cm³/mol. The molecular weight excluding hydrogens is 304 g/mol. The topological polar surface area (TPSA) is 81.4 Å². The molecule has 2 aromatic rings. The first kappa shape index (κ1) is 16.5. The number of nitrogens with one attached hydrogen (secondary N) is 1. The molecule has 0 saturated carbocycles. The highest BCUT2D eigenvalue weighted by Gasteiger charge is 2.17. The molecule has 0 bridgehead atoms. The molecule has 1 heterocycles. The zero-order valence-electron chi connectivity index (χ0n) is 13.1. The maximum atomic E-state index is 12.4. The number of aryl methyl sites for hydroxylation is 3. The Bertz CT molecular complexity index is 746. The van der Waals surface area contributed by atoms with Gasteiger partial charge in [0.2, 0.25) is 10.0 Å². The van der Waals surface area contributed by atoms with Crippen LogP contribution in [0.15, 0.2) is 27.6 Å². The summed E-state index contributed by atoms with van der Waals surface area (Å²) in [7, 11) is -2.00. The second-order valence-corrected chi connectivity index (χ2v) is 6.82. The lowest BCUT2D eigenvalue weighted by Crippen LogP contribution is -2.26. The molecule has 1 aromatic heterocycles. The molecule has 0 unspecified atom stereocenters. The molecular formula is C15H20N2O4S. The highest BCUT2D eigenvalue weighted by atomic mass is 32.2. The summed E-state index contributed by atoms with van der Waals surface area (Å²) in [4.78, 5) is 0.257. The van der Waals surface area contributed by atoms with Crippen LogP contribution in [0.2, 0.25) is 0 Å². The number of sulfonamides is 1. The highest BCUT2D eigenvalue weighted by Crippen LogP contribution is 2.21.